The van der Waals surface area contributed by atoms with Gasteiger partial charge in [-0.1, -0.05) is 48.0 Å². The molecule has 0 aliphatic heterocycles. The summed E-state index contributed by atoms with van der Waals surface area (Å²) in [6, 6.07) is 16.2. The van der Waals surface area contributed by atoms with Crippen LogP contribution in [0, 0.1) is 12.8 Å². The van der Waals surface area contributed by atoms with Crippen molar-refractivity contribution in [2.45, 2.75) is 29.1 Å². The van der Waals surface area contributed by atoms with E-state index < -0.39 is 40.7 Å². The first-order chi connectivity index (χ1) is 13.9. The van der Waals surface area contributed by atoms with Crippen LogP contribution >= 0.6 is 7.60 Å². The average Bonchev–Trinajstić information content (AvgIpc) is 3.46. The van der Waals surface area contributed by atoms with Crippen molar-refractivity contribution in [2.75, 3.05) is 20.8 Å². The number of esters is 1. The number of carbonyl (C=O) groups is 1. The molecule has 1 aliphatic rings. The van der Waals surface area contributed by atoms with E-state index in [2.05, 4.69) is 0 Å². The molecule has 4 atom stereocenters. The number of rotatable bonds is 8. The summed E-state index contributed by atoms with van der Waals surface area (Å²) in [5.74, 6) is -2.11. The van der Waals surface area contributed by atoms with Gasteiger partial charge in [0, 0.05) is 25.0 Å². The molecule has 0 spiro atoms. The Morgan fingerprint density at radius 3 is 2.17 bits per heavy atom. The first kappa shape index (κ1) is 21.9. The van der Waals surface area contributed by atoms with Gasteiger partial charge in [0.25, 0.3) is 0 Å². The van der Waals surface area contributed by atoms with Gasteiger partial charge in [-0.3, -0.25) is 13.6 Å². The first-order valence-corrected chi connectivity index (χ1v) is 12.0. The molecular weight excluding hydrogens is 411 g/mol. The minimum absolute atomic E-state index is 0.161. The van der Waals surface area contributed by atoms with Gasteiger partial charge >= 0.3 is 13.6 Å². The van der Waals surface area contributed by atoms with Crippen LogP contribution in [0.3, 0.4) is 0 Å². The molecule has 0 saturated heterocycles. The average molecular weight is 436 g/mol. The maximum Gasteiger partial charge on any atom is 0.350 e. The van der Waals surface area contributed by atoms with E-state index in [9.17, 15) is 13.6 Å². The summed E-state index contributed by atoms with van der Waals surface area (Å²) < 4.78 is 42.0. The van der Waals surface area contributed by atoms with Crippen LogP contribution in [0.5, 0.6) is 0 Å². The SMILES string of the molecule is CCOC(=O)[C@@H]1[C@@H](c2ccccc2)[C@@]1(S(=O)c1ccc(C)cc1)P(=O)(OC)OC. The molecule has 0 N–H and O–H groups in total. The molecule has 1 fully saturated rings. The summed E-state index contributed by atoms with van der Waals surface area (Å²) >= 11 is 0. The van der Waals surface area contributed by atoms with Crippen LogP contribution in [0.4, 0.5) is 0 Å². The van der Waals surface area contributed by atoms with E-state index in [1.165, 1.54) is 14.2 Å². The minimum atomic E-state index is -3.96. The Labute approximate surface area is 173 Å². The van der Waals surface area contributed by atoms with Crippen LogP contribution in [0.15, 0.2) is 59.5 Å². The number of benzene rings is 2. The largest absolute Gasteiger partial charge is 0.466 e. The second-order valence-electron chi connectivity index (χ2n) is 6.81. The lowest BCUT2D eigenvalue weighted by atomic mass is 10.1. The molecule has 3 rings (SSSR count). The molecule has 1 aliphatic carbocycles. The summed E-state index contributed by atoms with van der Waals surface area (Å²) in [6.45, 7) is 3.78. The van der Waals surface area contributed by atoms with E-state index in [1.54, 1.807) is 19.1 Å². The highest BCUT2D eigenvalue weighted by Gasteiger charge is 2.83. The molecular formula is C21H25O6PS. The van der Waals surface area contributed by atoms with E-state index >= 15 is 0 Å². The standard InChI is InChI=1S/C21H25O6PS/c1-5-27-20(22)19-18(16-9-7-6-8-10-16)21(19,28(23,25-3)26-4)29(24)17-13-11-15(2)12-14-17/h6-14,18-19H,5H2,1-4H3/t18-,19+,21+,29?/m1/s1. The second-order valence-corrected chi connectivity index (χ2v) is 11.3. The van der Waals surface area contributed by atoms with Crippen molar-refractivity contribution in [1.29, 1.82) is 0 Å². The van der Waals surface area contributed by atoms with Crippen LogP contribution in [0.25, 0.3) is 0 Å². The van der Waals surface area contributed by atoms with Crippen LogP contribution in [-0.2, 0) is 33.9 Å². The van der Waals surface area contributed by atoms with Gasteiger partial charge in [0.15, 0.2) is 4.49 Å². The number of hydrogen-bond acceptors (Lipinski definition) is 6. The third-order valence-electron chi connectivity index (χ3n) is 5.26. The van der Waals surface area contributed by atoms with Crippen LogP contribution < -0.4 is 0 Å². The summed E-state index contributed by atoms with van der Waals surface area (Å²) in [7, 11) is -3.32. The summed E-state index contributed by atoms with van der Waals surface area (Å²) in [4.78, 5) is 13.3. The first-order valence-electron chi connectivity index (χ1n) is 9.29. The minimum Gasteiger partial charge on any atom is -0.466 e. The molecule has 2 aromatic rings. The molecule has 156 valence electrons. The lowest BCUT2D eigenvalue weighted by Gasteiger charge is -2.25. The van der Waals surface area contributed by atoms with Crippen LogP contribution in [-0.4, -0.2) is 35.5 Å². The lowest BCUT2D eigenvalue weighted by molar-refractivity contribution is -0.144. The summed E-state index contributed by atoms with van der Waals surface area (Å²) in [6.07, 6.45) is 0. The predicted molar refractivity (Wildman–Crippen MR) is 111 cm³/mol. The topological polar surface area (TPSA) is 78.9 Å². The third kappa shape index (κ3) is 3.50. The van der Waals surface area contributed by atoms with Crippen molar-refractivity contribution in [3.05, 3.63) is 65.7 Å². The zero-order valence-electron chi connectivity index (χ0n) is 16.9. The monoisotopic (exact) mass is 436 g/mol. The number of ether oxygens (including phenoxy) is 1. The van der Waals surface area contributed by atoms with Gasteiger partial charge in [-0.05, 0) is 31.5 Å². The van der Waals surface area contributed by atoms with Gasteiger partial charge in [0.1, 0.15) is 0 Å². The Balaban J connectivity index is 2.22. The molecule has 6 nitrogen and oxygen atoms in total. The second kappa shape index (κ2) is 8.52. The summed E-state index contributed by atoms with van der Waals surface area (Å²) in [5, 5.41) is 0. The highest BCUT2D eigenvalue weighted by molar-refractivity contribution is 7.95. The van der Waals surface area contributed by atoms with Gasteiger partial charge in [-0.25, -0.2) is 0 Å². The van der Waals surface area contributed by atoms with Gasteiger partial charge in [0.05, 0.1) is 23.3 Å². The van der Waals surface area contributed by atoms with E-state index in [-0.39, 0.29) is 6.61 Å². The molecule has 2 aromatic carbocycles. The van der Waals surface area contributed by atoms with E-state index in [4.69, 9.17) is 13.8 Å². The van der Waals surface area contributed by atoms with Crippen molar-refractivity contribution in [3.8, 4) is 0 Å². The van der Waals surface area contributed by atoms with Crippen molar-refractivity contribution in [3.63, 3.8) is 0 Å². The lowest BCUT2D eigenvalue weighted by Crippen LogP contribution is -2.27. The molecule has 1 unspecified atom stereocenters. The predicted octanol–water partition coefficient (Wildman–Crippen LogP) is 4.26. The fourth-order valence-electron chi connectivity index (χ4n) is 3.86. The fraction of sp³-hybridized carbons (Fsp3) is 0.381. The Morgan fingerprint density at radius 1 is 1.07 bits per heavy atom. The Kier molecular flexibility index (Phi) is 6.44. The van der Waals surface area contributed by atoms with E-state index in [1.807, 2.05) is 49.4 Å². The van der Waals surface area contributed by atoms with E-state index in [0.29, 0.717) is 4.90 Å². The highest BCUT2D eigenvalue weighted by Crippen LogP contribution is 2.81. The molecule has 0 heterocycles. The number of hydrogen-bond donors (Lipinski definition) is 0. The normalized spacial score (nSPS) is 24.7. The van der Waals surface area contributed by atoms with Crippen molar-refractivity contribution < 1.29 is 27.4 Å². The molecule has 0 aromatic heterocycles. The maximum absolute atomic E-state index is 13.9. The van der Waals surface area contributed by atoms with Crippen LogP contribution in [0.1, 0.15) is 24.0 Å². The van der Waals surface area contributed by atoms with Gasteiger partial charge in [0.2, 0.25) is 0 Å². The Hall–Kier alpha value is -1.79. The fourth-order valence-corrected chi connectivity index (χ4v) is 8.98. The smallest absolute Gasteiger partial charge is 0.350 e. The quantitative estimate of drug-likeness (QED) is 0.454. The third-order valence-corrected chi connectivity index (χ3v) is 10.6. The molecule has 0 amide bonds. The van der Waals surface area contributed by atoms with Crippen LogP contribution in [0.2, 0.25) is 0 Å². The zero-order valence-corrected chi connectivity index (χ0v) is 18.6. The molecule has 0 bridgehead atoms. The van der Waals surface area contributed by atoms with Crippen molar-refractivity contribution in [2.24, 2.45) is 5.92 Å². The molecule has 8 heteroatoms. The Bertz CT molecular complexity index is 937. The zero-order chi connectivity index (χ0) is 21.2. The number of carbonyl (C=O) groups excluding carboxylic acids is 1. The van der Waals surface area contributed by atoms with Gasteiger partial charge in [-0.2, -0.15) is 0 Å². The molecule has 29 heavy (non-hydrogen) atoms. The molecule has 0 radical (unpaired) electrons. The van der Waals surface area contributed by atoms with Gasteiger partial charge < -0.3 is 13.8 Å². The summed E-state index contributed by atoms with van der Waals surface area (Å²) in [5.41, 5.74) is 1.74. The highest BCUT2D eigenvalue weighted by atomic mass is 32.2. The van der Waals surface area contributed by atoms with E-state index in [0.717, 1.165) is 11.1 Å². The maximum atomic E-state index is 13.9. The van der Waals surface area contributed by atoms with Gasteiger partial charge in [-0.15, -0.1) is 0 Å². The van der Waals surface area contributed by atoms with Crippen molar-refractivity contribution >= 4 is 24.4 Å². The molecule has 1 saturated carbocycles. The number of aryl methyl sites for hydroxylation is 1. The van der Waals surface area contributed by atoms with Crippen molar-refractivity contribution in [1.82, 2.24) is 0 Å². The Morgan fingerprint density at radius 2 is 1.66 bits per heavy atom.